The number of nitrogens with zero attached hydrogens (tertiary/aromatic N) is 1. The van der Waals surface area contributed by atoms with Crippen LogP contribution in [0.1, 0.15) is 36.5 Å². The third-order valence-corrected chi connectivity index (χ3v) is 7.20. The molecule has 2 heterocycles. The summed E-state index contributed by atoms with van der Waals surface area (Å²) in [6.45, 7) is 2.21. The lowest BCUT2D eigenvalue weighted by atomic mass is 9.63. The van der Waals surface area contributed by atoms with Crippen molar-refractivity contribution in [1.82, 2.24) is 4.90 Å². The Labute approximate surface area is 210 Å². The summed E-state index contributed by atoms with van der Waals surface area (Å²) in [5, 5.41) is 11.7. The van der Waals surface area contributed by atoms with Crippen LogP contribution in [0, 0.1) is 5.41 Å². The minimum absolute atomic E-state index is 0.00987. The molecule has 0 saturated carbocycles. The highest BCUT2D eigenvalue weighted by Crippen LogP contribution is 2.57. The number of hydrogen-bond donors (Lipinski definition) is 1. The van der Waals surface area contributed by atoms with E-state index in [1.807, 2.05) is 91.0 Å². The number of fused-ring (bicyclic) bond motifs is 1. The fraction of sp³-hybridized carbons (Fsp3) is 0.310. The van der Waals surface area contributed by atoms with E-state index in [1.165, 1.54) is 0 Å². The van der Waals surface area contributed by atoms with Crippen LogP contribution < -0.4 is 0 Å². The van der Waals surface area contributed by atoms with Crippen molar-refractivity contribution < 1.29 is 29.2 Å². The third-order valence-electron chi connectivity index (χ3n) is 7.20. The van der Waals surface area contributed by atoms with Gasteiger partial charge in [0.2, 0.25) is 17.1 Å². The highest BCUT2D eigenvalue weighted by atomic mass is 17.2. The van der Waals surface area contributed by atoms with Gasteiger partial charge in [-0.1, -0.05) is 91.0 Å². The van der Waals surface area contributed by atoms with E-state index in [0.29, 0.717) is 17.7 Å². The number of rotatable bonds is 6. The Morgan fingerprint density at radius 1 is 0.917 bits per heavy atom. The summed E-state index contributed by atoms with van der Waals surface area (Å²) in [6, 6.07) is 28.1. The summed E-state index contributed by atoms with van der Waals surface area (Å²) in [5.74, 6) is -3.55. The second-order valence-electron chi connectivity index (χ2n) is 9.27. The van der Waals surface area contributed by atoms with Crippen molar-refractivity contribution in [3.8, 4) is 0 Å². The van der Waals surface area contributed by atoms with E-state index in [1.54, 1.807) is 11.8 Å². The van der Waals surface area contributed by atoms with Gasteiger partial charge in [0, 0.05) is 25.9 Å². The zero-order chi connectivity index (χ0) is 25.2. The largest absolute Gasteiger partial charge is 0.465 e. The maximum Gasteiger partial charge on any atom is 0.327 e. The molecular formula is C29H29NO6. The van der Waals surface area contributed by atoms with E-state index in [9.17, 15) is 14.7 Å². The van der Waals surface area contributed by atoms with Gasteiger partial charge in [-0.15, -0.1) is 0 Å². The van der Waals surface area contributed by atoms with Crippen LogP contribution in [0.4, 0.5) is 0 Å². The molecule has 0 radical (unpaired) electrons. The predicted molar refractivity (Wildman–Crippen MR) is 131 cm³/mol. The Hall–Kier alpha value is -3.52. The average molecular weight is 488 g/mol. The quantitative estimate of drug-likeness (QED) is 0.322. The van der Waals surface area contributed by atoms with Crippen LogP contribution in [0.5, 0.6) is 0 Å². The molecule has 2 saturated heterocycles. The summed E-state index contributed by atoms with van der Waals surface area (Å²) in [5.41, 5.74) is -1.09. The summed E-state index contributed by atoms with van der Waals surface area (Å²) < 4.78 is 5.46. The monoisotopic (exact) mass is 487 g/mol. The zero-order valence-electron chi connectivity index (χ0n) is 20.1. The Morgan fingerprint density at radius 3 is 2.03 bits per heavy atom. The van der Waals surface area contributed by atoms with E-state index < -0.39 is 28.7 Å². The van der Waals surface area contributed by atoms with Crippen LogP contribution in [0.15, 0.2) is 91.0 Å². The van der Waals surface area contributed by atoms with Crippen molar-refractivity contribution in [2.75, 3.05) is 13.2 Å². The predicted octanol–water partition coefficient (Wildman–Crippen LogP) is 3.95. The first kappa shape index (κ1) is 24.2. The van der Waals surface area contributed by atoms with Gasteiger partial charge < -0.3 is 14.7 Å². The second kappa shape index (κ2) is 9.50. The number of carbonyl (C=O) groups is 2. The summed E-state index contributed by atoms with van der Waals surface area (Å²) in [7, 11) is 0. The lowest BCUT2D eigenvalue weighted by Crippen LogP contribution is -2.72. The number of esters is 1. The SMILES string of the molecule is CCOC(=O)[C@]12CC(c3ccccc3)(c3ccccc3)OO[C@@]1(O)CCN(Cc1ccccc1)C2=O. The molecule has 2 aliphatic rings. The van der Waals surface area contributed by atoms with Gasteiger partial charge in [-0.3, -0.25) is 9.59 Å². The number of likely N-dealkylation sites (tertiary alicyclic amines) is 1. The van der Waals surface area contributed by atoms with E-state index >= 15 is 0 Å². The number of ether oxygens (including phenoxy) is 1. The Morgan fingerprint density at radius 2 is 1.47 bits per heavy atom. The van der Waals surface area contributed by atoms with Gasteiger partial charge in [0.25, 0.3) is 0 Å². The van der Waals surface area contributed by atoms with Gasteiger partial charge >= 0.3 is 5.97 Å². The van der Waals surface area contributed by atoms with Crippen LogP contribution in [0.25, 0.3) is 0 Å². The van der Waals surface area contributed by atoms with Crippen molar-refractivity contribution in [1.29, 1.82) is 0 Å². The first-order chi connectivity index (χ1) is 17.5. The molecule has 7 heteroatoms. The van der Waals surface area contributed by atoms with Crippen molar-refractivity contribution in [2.24, 2.45) is 5.41 Å². The smallest absolute Gasteiger partial charge is 0.327 e. The Bertz CT molecular complexity index is 1180. The number of aliphatic hydroxyl groups is 1. The molecule has 36 heavy (non-hydrogen) atoms. The third kappa shape index (κ3) is 3.80. The van der Waals surface area contributed by atoms with Crippen molar-refractivity contribution in [3.05, 3.63) is 108 Å². The normalized spacial score (nSPS) is 25.2. The maximum atomic E-state index is 14.3. The maximum absolute atomic E-state index is 14.3. The number of piperidine rings is 1. The standard InChI is InChI=1S/C29H29NO6/c1-2-34-26(32)27-21-28(23-14-8-4-9-15-23,24-16-10-5-11-17-24)35-36-29(27,33)18-19-30(25(27)31)20-22-12-6-3-7-13-22/h3-17,33H,2,18-21H2,1H3/t27-,29+/m1/s1. The molecular weight excluding hydrogens is 458 g/mol. The molecule has 0 aromatic heterocycles. The molecule has 7 nitrogen and oxygen atoms in total. The number of carbonyl (C=O) groups excluding carboxylic acids is 2. The molecule has 1 N–H and O–H groups in total. The van der Waals surface area contributed by atoms with Crippen LogP contribution in [-0.4, -0.2) is 40.8 Å². The van der Waals surface area contributed by atoms with E-state index in [2.05, 4.69) is 0 Å². The minimum Gasteiger partial charge on any atom is -0.465 e. The molecule has 0 aliphatic carbocycles. The highest BCUT2D eigenvalue weighted by molar-refractivity contribution is 6.05. The molecule has 5 rings (SSSR count). The molecule has 0 bridgehead atoms. The van der Waals surface area contributed by atoms with Crippen LogP contribution in [0.3, 0.4) is 0 Å². The van der Waals surface area contributed by atoms with Gasteiger partial charge in [-0.25, -0.2) is 4.89 Å². The van der Waals surface area contributed by atoms with Gasteiger partial charge in [0.15, 0.2) is 5.60 Å². The Kier molecular flexibility index (Phi) is 6.38. The molecule has 0 unspecified atom stereocenters. The average Bonchev–Trinajstić information content (AvgIpc) is 2.92. The minimum atomic E-state index is -2.18. The molecule has 3 aromatic carbocycles. The first-order valence-electron chi connectivity index (χ1n) is 12.2. The van der Waals surface area contributed by atoms with Gasteiger partial charge in [0.1, 0.15) is 0 Å². The van der Waals surface area contributed by atoms with Gasteiger partial charge in [-0.05, 0) is 23.6 Å². The molecule has 2 aliphatic heterocycles. The molecule has 0 spiro atoms. The summed E-state index contributed by atoms with van der Waals surface area (Å²) >= 11 is 0. The van der Waals surface area contributed by atoms with Gasteiger partial charge in [-0.2, -0.15) is 4.89 Å². The zero-order valence-corrected chi connectivity index (χ0v) is 20.1. The fourth-order valence-corrected chi connectivity index (χ4v) is 5.32. The lowest BCUT2D eigenvalue weighted by Gasteiger charge is -2.55. The highest BCUT2D eigenvalue weighted by Gasteiger charge is 2.73. The fourth-order valence-electron chi connectivity index (χ4n) is 5.32. The lowest BCUT2D eigenvalue weighted by molar-refractivity contribution is -0.509. The summed E-state index contributed by atoms with van der Waals surface area (Å²) in [4.78, 5) is 41.4. The van der Waals surface area contributed by atoms with E-state index in [-0.39, 0.29) is 26.0 Å². The topological polar surface area (TPSA) is 85.3 Å². The number of hydrogen-bond acceptors (Lipinski definition) is 6. The Balaban J connectivity index is 1.66. The van der Waals surface area contributed by atoms with Crippen LogP contribution in [0.2, 0.25) is 0 Å². The molecule has 186 valence electrons. The molecule has 1 amide bonds. The van der Waals surface area contributed by atoms with E-state index in [4.69, 9.17) is 14.5 Å². The van der Waals surface area contributed by atoms with Crippen molar-refractivity contribution >= 4 is 11.9 Å². The molecule has 2 atom stereocenters. The van der Waals surface area contributed by atoms with Crippen molar-refractivity contribution in [2.45, 2.75) is 37.7 Å². The van der Waals surface area contributed by atoms with E-state index in [0.717, 1.165) is 5.56 Å². The molecule has 3 aromatic rings. The van der Waals surface area contributed by atoms with Crippen LogP contribution >= 0.6 is 0 Å². The summed E-state index contributed by atoms with van der Waals surface area (Å²) in [6.07, 6.45) is -0.197. The first-order valence-corrected chi connectivity index (χ1v) is 12.2. The van der Waals surface area contributed by atoms with Crippen LogP contribution in [-0.2, 0) is 36.2 Å². The number of amides is 1. The number of benzene rings is 3. The second-order valence-corrected chi connectivity index (χ2v) is 9.27. The van der Waals surface area contributed by atoms with Crippen molar-refractivity contribution in [3.63, 3.8) is 0 Å². The van der Waals surface area contributed by atoms with Gasteiger partial charge in [0.05, 0.1) is 6.61 Å². The molecule has 2 fully saturated rings.